The topological polar surface area (TPSA) is 235 Å². The van der Waals surface area contributed by atoms with E-state index in [9.17, 15) is 23.8 Å². The molecule has 0 spiro atoms. The first-order chi connectivity index (χ1) is 10.8. The molecule has 0 radical (unpaired) electrons. The number of hydrogen-bond acceptors (Lipinski definition) is 9. The molecule has 1 saturated heterocycles. The van der Waals surface area contributed by atoms with Crippen LogP contribution in [0.3, 0.4) is 0 Å². The van der Waals surface area contributed by atoms with Crippen molar-refractivity contribution in [3.63, 3.8) is 0 Å². The van der Waals surface area contributed by atoms with E-state index in [0.717, 1.165) is 0 Å². The van der Waals surface area contributed by atoms with Crippen molar-refractivity contribution in [3.8, 4) is 0 Å². The second-order valence-corrected chi connectivity index (χ2v) is 6.88. The van der Waals surface area contributed by atoms with Gasteiger partial charge in [0.05, 0.1) is 12.4 Å². The number of aliphatic hydroxyl groups excluding tert-OH is 1. The fourth-order valence-corrected chi connectivity index (χ4v) is 3.08. The van der Waals surface area contributed by atoms with Gasteiger partial charge in [-0.2, -0.15) is 0 Å². The molecule has 0 unspecified atom stereocenters. The molecule has 11 N–H and O–H groups in total. The molecule has 142 valence electrons. The largest absolute Gasteiger partial charge is 0.811 e. The molecule has 0 aromatic carbocycles. The van der Waals surface area contributed by atoms with Crippen LogP contribution >= 0.6 is 7.60 Å². The Balaban J connectivity index is 0.00000156. The number of nitrogens with zero attached hydrogens (tertiary/aromatic N) is 4. The molecule has 25 heavy (non-hydrogen) atoms. The van der Waals surface area contributed by atoms with E-state index in [4.69, 9.17) is 10.5 Å². The maximum atomic E-state index is 14.3. The normalized spacial score (nSPS) is 26.2. The molecule has 1 aliphatic rings. The standard InChI is InChI=1S/C11H15FN5O5P.2H3N/c12-6-8(18)5(1-2-23(19,20)21)22-11(6)17-4-16-7-9(13)14-3-15-10(7)17;;/h3-6,8,11,18H,1-2H2,(H2,13,14,15)(H2,19,20,21);2*1H3/t5-,6-,8-,11-;;/m1../s1. The number of halogens is 1. The summed E-state index contributed by atoms with van der Waals surface area (Å²) in [4.78, 5) is 33.1. The van der Waals surface area contributed by atoms with Gasteiger partial charge < -0.3 is 42.2 Å². The van der Waals surface area contributed by atoms with E-state index in [1.54, 1.807) is 0 Å². The molecular weight excluding hydrogens is 360 g/mol. The molecule has 3 rings (SSSR count). The summed E-state index contributed by atoms with van der Waals surface area (Å²) in [6.45, 7) is 0. The smallest absolute Gasteiger partial charge is 0.173 e. The third-order valence-electron chi connectivity index (χ3n) is 3.64. The van der Waals surface area contributed by atoms with Crippen molar-refractivity contribution in [2.24, 2.45) is 0 Å². The van der Waals surface area contributed by atoms with E-state index in [1.165, 1.54) is 17.2 Å². The lowest BCUT2D eigenvalue weighted by molar-refractivity contribution is -0.313. The highest BCUT2D eigenvalue weighted by atomic mass is 31.2. The van der Waals surface area contributed by atoms with Gasteiger partial charge in [-0.05, 0) is 12.6 Å². The first-order valence-electron chi connectivity index (χ1n) is 6.69. The fraction of sp³-hybridized carbons (Fsp3) is 0.545. The molecule has 4 atom stereocenters. The number of fused-ring (bicyclic) bond motifs is 1. The minimum Gasteiger partial charge on any atom is -0.811 e. The van der Waals surface area contributed by atoms with Crippen LogP contribution in [0.2, 0.25) is 0 Å². The number of imidazole rings is 1. The number of nitrogen functional groups attached to an aromatic ring is 1. The fourth-order valence-electron chi connectivity index (χ4n) is 2.51. The van der Waals surface area contributed by atoms with Crippen LogP contribution in [0.25, 0.3) is 11.2 Å². The number of nitrogens with two attached hydrogens (primary N) is 1. The Morgan fingerprint density at radius 1 is 1.36 bits per heavy atom. The monoisotopic (exact) mass is 381 g/mol. The van der Waals surface area contributed by atoms with Gasteiger partial charge in [-0.1, -0.05) is 7.60 Å². The lowest BCUT2D eigenvalue weighted by atomic mass is 10.1. The molecule has 0 bridgehead atoms. The molecule has 0 aliphatic carbocycles. The Kier molecular flexibility index (Phi) is 6.53. The predicted octanol–water partition coefficient (Wildman–Crippen LogP) is -0.939. The summed E-state index contributed by atoms with van der Waals surface area (Å²) in [6, 6.07) is 0. The summed E-state index contributed by atoms with van der Waals surface area (Å²) in [6.07, 6.45) is -4.39. The van der Waals surface area contributed by atoms with Crippen LogP contribution in [-0.2, 0) is 9.30 Å². The Labute approximate surface area is 141 Å². The van der Waals surface area contributed by atoms with Gasteiger partial charge in [-0.25, -0.2) is 19.3 Å². The molecule has 2 aromatic rings. The van der Waals surface area contributed by atoms with Gasteiger partial charge in [0, 0.05) is 0 Å². The van der Waals surface area contributed by atoms with Gasteiger partial charge in [-0.3, -0.25) is 4.57 Å². The van der Waals surface area contributed by atoms with Gasteiger partial charge >= 0.3 is 0 Å². The molecule has 2 aromatic heterocycles. The van der Waals surface area contributed by atoms with E-state index in [2.05, 4.69) is 15.0 Å². The molecular formula is C11H21FN7O5P. The van der Waals surface area contributed by atoms with Crippen LogP contribution in [0.5, 0.6) is 0 Å². The minimum atomic E-state index is -4.76. The van der Waals surface area contributed by atoms with Crippen LogP contribution in [0.1, 0.15) is 12.6 Å². The van der Waals surface area contributed by atoms with Crippen LogP contribution in [0.15, 0.2) is 12.7 Å². The zero-order valence-electron chi connectivity index (χ0n) is 13.6. The summed E-state index contributed by atoms with van der Waals surface area (Å²) < 4.78 is 31.6. The van der Waals surface area contributed by atoms with Crippen molar-refractivity contribution in [2.45, 2.75) is 31.0 Å². The second kappa shape index (κ2) is 7.66. The number of quaternary nitrogens is 2. The van der Waals surface area contributed by atoms with Crippen molar-refractivity contribution in [2.75, 3.05) is 11.9 Å². The van der Waals surface area contributed by atoms with E-state index in [0.29, 0.717) is 0 Å². The maximum Gasteiger partial charge on any atom is 0.173 e. The molecule has 3 heterocycles. The van der Waals surface area contributed by atoms with E-state index < -0.39 is 38.4 Å². The number of ether oxygens (including phenoxy) is 1. The summed E-state index contributed by atoms with van der Waals surface area (Å²) in [5.74, 6) is 0.109. The highest BCUT2D eigenvalue weighted by molar-refractivity contribution is 7.48. The minimum absolute atomic E-state index is 0. The number of aliphatic hydroxyl groups is 1. The van der Waals surface area contributed by atoms with Crippen LogP contribution < -0.4 is 27.8 Å². The Morgan fingerprint density at radius 2 is 2.04 bits per heavy atom. The SMILES string of the molecule is Nc1ncnc2c1ncn2[C@@H]1O[C@H](CCP(=O)([O-])[O-])[C@@H](O)[C@H]1F.[NH4+].[NH4+]. The number of anilines is 1. The van der Waals surface area contributed by atoms with Gasteiger partial charge in [0.25, 0.3) is 0 Å². The predicted molar refractivity (Wildman–Crippen MR) is 83.6 cm³/mol. The van der Waals surface area contributed by atoms with E-state index in [1.807, 2.05) is 0 Å². The average molecular weight is 381 g/mol. The lowest BCUT2D eigenvalue weighted by Gasteiger charge is -2.30. The second-order valence-electron chi connectivity index (χ2n) is 5.21. The van der Waals surface area contributed by atoms with Gasteiger partial charge in [0.15, 0.2) is 23.9 Å². The average Bonchev–Trinajstić information content (AvgIpc) is 3.01. The Morgan fingerprint density at radius 3 is 2.68 bits per heavy atom. The molecule has 1 aliphatic heterocycles. The molecule has 0 saturated carbocycles. The first-order valence-corrected chi connectivity index (χ1v) is 8.42. The lowest BCUT2D eigenvalue weighted by Crippen LogP contribution is -2.30. The van der Waals surface area contributed by atoms with E-state index >= 15 is 0 Å². The van der Waals surface area contributed by atoms with E-state index in [-0.39, 0.29) is 35.7 Å². The number of hydrogen-bond donors (Lipinski definition) is 4. The number of alkyl halides is 1. The summed E-state index contributed by atoms with van der Waals surface area (Å²) >= 11 is 0. The maximum absolute atomic E-state index is 14.3. The molecule has 12 nitrogen and oxygen atoms in total. The van der Waals surface area contributed by atoms with Crippen molar-refractivity contribution in [3.05, 3.63) is 12.7 Å². The zero-order chi connectivity index (χ0) is 16.8. The van der Waals surface area contributed by atoms with Crippen molar-refractivity contribution >= 4 is 24.6 Å². The number of rotatable bonds is 4. The number of aromatic nitrogens is 4. The Hall–Kier alpha value is -1.73. The first kappa shape index (κ1) is 21.3. The quantitative estimate of drug-likeness (QED) is 0.477. The van der Waals surface area contributed by atoms with Crippen LogP contribution in [-0.4, -0.2) is 49.2 Å². The van der Waals surface area contributed by atoms with Crippen LogP contribution in [0.4, 0.5) is 10.2 Å². The molecule has 1 fully saturated rings. The molecule has 14 heteroatoms. The van der Waals surface area contributed by atoms with Crippen molar-refractivity contribution in [1.29, 1.82) is 0 Å². The van der Waals surface area contributed by atoms with Gasteiger partial charge in [0.2, 0.25) is 0 Å². The third kappa shape index (κ3) is 4.10. The highest BCUT2D eigenvalue weighted by Crippen LogP contribution is 2.37. The highest BCUT2D eigenvalue weighted by Gasteiger charge is 2.45. The summed E-state index contributed by atoms with van der Waals surface area (Å²) in [7, 11) is -4.76. The zero-order valence-corrected chi connectivity index (χ0v) is 14.5. The van der Waals surface area contributed by atoms with Crippen molar-refractivity contribution < 1.29 is 28.6 Å². The van der Waals surface area contributed by atoms with Gasteiger partial charge in [0.1, 0.15) is 17.9 Å². The third-order valence-corrected chi connectivity index (χ3v) is 4.45. The summed E-state index contributed by atoms with van der Waals surface area (Å²) in [5, 5.41) is 9.87. The summed E-state index contributed by atoms with van der Waals surface area (Å²) in [5.41, 5.74) is 6.11. The van der Waals surface area contributed by atoms with Crippen LogP contribution in [0, 0.1) is 0 Å². The Bertz CT molecular complexity index is 770. The van der Waals surface area contributed by atoms with Gasteiger partial charge in [-0.15, -0.1) is 0 Å². The molecule has 0 amide bonds. The van der Waals surface area contributed by atoms with Crippen molar-refractivity contribution in [1.82, 2.24) is 31.8 Å².